The zero-order chi connectivity index (χ0) is 9.38. The molecule has 0 N–H and O–H groups in total. The molecule has 15 heavy (non-hydrogen) atoms. The van der Waals surface area contributed by atoms with Gasteiger partial charge in [-0.2, -0.15) is 0 Å². The highest BCUT2D eigenvalue weighted by molar-refractivity contribution is 6.03. The molecule has 0 aliphatic heterocycles. The number of rotatable bonds is 0. The van der Waals surface area contributed by atoms with Gasteiger partial charge in [-0.15, -0.1) is 0 Å². The zero-order valence-corrected chi connectivity index (χ0v) is 7.51. The summed E-state index contributed by atoms with van der Waals surface area (Å²) >= 11 is 0. The predicted octanol–water partition coefficient (Wildman–Crippen LogP) is 1.33. The second-order valence-electron chi connectivity index (χ2n) is 3.21. The average molecular weight is 212 g/mol. The van der Waals surface area contributed by atoms with E-state index < -0.39 is 0 Å². The largest absolute Gasteiger partial charge is 0.256 e. The molecule has 2 nitrogen and oxygen atoms in total. The first-order valence-corrected chi connectivity index (χ1v) is 4.53. The Hall–Kier alpha value is -1.74. The van der Waals surface area contributed by atoms with Gasteiger partial charge >= 0.3 is 0 Å². The topological polar surface area (TPSA) is 25.8 Å². The third-order valence-electron chi connectivity index (χ3n) is 2.35. The fraction of sp³-hybridized carbons (Fsp3) is 0. The van der Waals surface area contributed by atoms with Crippen LogP contribution in [0.4, 0.5) is 0 Å². The monoisotopic (exact) mass is 212 g/mol. The number of hydrogen-bond acceptors (Lipinski definition) is 2. The van der Waals surface area contributed by atoms with Crippen molar-refractivity contribution in [1.82, 2.24) is 9.97 Å². The molecule has 0 saturated carbocycles. The summed E-state index contributed by atoms with van der Waals surface area (Å²) in [5, 5.41) is 2.28. The molecule has 0 aliphatic rings. The van der Waals surface area contributed by atoms with Gasteiger partial charge in [0.25, 0.3) is 0 Å². The molecule has 0 spiro atoms. The van der Waals surface area contributed by atoms with Crippen LogP contribution >= 0.6 is 0 Å². The zero-order valence-electron chi connectivity index (χ0n) is 7.51. The molecule has 0 aliphatic carbocycles. The molecule has 0 bridgehead atoms. The number of nitrogens with zero attached hydrogens (tertiary/aromatic N) is 2. The van der Waals surface area contributed by atoms with Gasteiger partial charge in [0, 0.05) is 23.2 Å². The van der Waals surface area contributed by atoms with Gasteiger partial charge in [-0.05, 0) is 35.2 Å². The van der Waals surface area contributed by atoms with Gasteiger partial charge in [-0.25, -0.2) is 0 Å². The summed E-state index contributed by atoms with van der Waals surface area (Å²) in [5.74, 6) is 0. The van der Waals surface area contributed by atoms with Crippen molar-refractivity contribution < 1.29 is 0 Å². The van der Waals surface area contributed by atoms with Crippen molar-refractivity contribution >= 4 is 32.8 Å². The van der Waals surface area contributed by atoms with Crippen LogP contribution in [0, 0.1) is 0 Å². The molecular weight excluding hydrogens is 200 g/mol. The lowest BCUT2D eigenvalue weighted by Crippen LogP contribution is -1.82. The van der Waals surface area contributed by atoms with Gasteiger partial charge in [-0.1, -0.05) is 12.1 Å². The van der Waals surface area contributed by atoms with Crippen LogP contribution in [0.2, 0.25) is 0 Å². The van der Waals surface area contributed by atoms with Crippen molar-refractivity contribution in [2.24, 2.45) is 0 Å². The van der Waals surface area contributed by atoms with Crippen molar-refractivity contribution in [3.63, 3.8) is 0 Å². The molecule has 0 unspecified atom stereocenters. The molecular formula is C12H12N2Si. The maximum absolute atomic E-state index is 4.37. The first-order valence-electron chi connectivity index (χ1n) is 4.53. The lowest BCUT2D eigenvalue weighted by Gasteiger charge is -2.00. The van der Waals surface area contributed by atoms with E-state index >= 15 is 0 Å². The van der Waals surface area contributed by atoms with Crippen LogP contribution in [0.1, 0.15) is 0 Å². The number of fused-ring (bicyclic) bond motifs is 3. The van der Waals surface area contributed by atoms with Crippen LogP contribution in [0.15, 0.2) is 48.8 Å². The molecule has 3 heteroatoms. The normalized spacial score (nSPS) is 10.1. The molecule has 2 aromatic heterocycles. The predicted molar refractivity (Wildman–Crippen MR) is 68.4 cm³/mol. The molecule has 0 fully saturated rings. The Morgan fingerprint density at radius 3 is 2.53 bits per heavy atom. The third-order valence-corrected chi connectivity index (χ3v) is 2.35. The van der Waals surface area contributed by atoms with E-state index in [4.69, 9.17) is 0 Å². The summed E-state index contributed by atoms with van der Waals surface area (Å²) in [6, 6.07) is 12.1. The van der Waals surface area contributed by atoms with Crippen LogP contribution < -0.4 is 0 Å². The van der Waals surface area contributed by atoms with Gasteiger partial charge in [0.05, 0.1) is 11.0 Å². The second kappa shape index (κ2) is 3.79. The van der Waals surface area contributed by atoms with Crippen LogP contribution in [-0.2, 0) is 0 Å². The molecule has 0 saturated heterocycles. The quantitative estimate of drug-likeness (QED) is 0.415. The Bertz CT molecular complexity index is 553. The van der Waals surface area contributed by atoms with Crippen LogP contribution in [-0.4, -0.2) is 20.9 Å². The number of pyridine rings is 2. The van der Waals surface area contributed by atoms with Crippen LogP contribution in [0.5, 0.6) is 0 Å². The van der Waals surface area contributed by atoms with Gasteiger partial charge in [0.2, 0.25) is 0 Å². The molecule has 3 aromatic rings. The first-order chi connectivity index (χ1) is 6.95. The lowest BCUT2D eigenvalue weighted by molar-refractivity contribution is 1.39. The molecule has 0 amide bonds. The fourth-order valence-electron chi connectivity index (χ4n) is 1.70. The Morgan fingerprint density at radius 2 is 1.60 bits per heavy atom. The van der Waals surface area contributed by atoms with Crippen molar-refractivity contribution in [3.8, 4) is 0 Å². The molecule has 0 atom stereocenters. The van der Waals surface area contributed by atoms with Gasteiger partial charge in [-0.3, -0.25) is 9.97 Å². The minimum atomic E-state index is 0. The van der Waals surface area contributed by atoms with E-state index in [1.54, 1.807) is 6.20 Å². The molecule has 3 rings (SSSR count). The first kappa shape index (κ1) is 9.80. The Kier molecular flexibility index (Phi) is 2.47. The minimum Gasteiger partial charge on any atom is -0.256 e. The fourth-order valence-corrected chi connectivity index (χ4v) is 1.70. The van der Waals surface area contributed by atoms with E-state index in [0.717, 1.165) is 21.8 Å². The molecule has 2 heterocycles. The van der Waals surface area contributed by atoms with Gasteiger partial charge in [0.1, 0.15) is 0 Å². The summed E-state index contributed by atoms with van der Waals surface area (Å²) in [5.41, 5.74) is 2.02. The molecule has 74 valence electrons. The van der Waals surface area contributed by atoms with Crippen LogP contribution in [0.3, 0.4) is 0 Å². The molecule has 1 aromatic carbocycles. The van der Waals surface area contributed by atoms with Crippen LogP contribution in [0.25, 0.3) is 21.8 Å². The SMILES string of the molecule is [SiH4].c1cnc2c(c1)ccc1ncccc12. The summed E-state index contributed by atoms with van der Waals surface area (Å²) in [6.07, 6.45) is 3.62. The van der Waals surface area contributed by atoms with E-state index in [0.29, 0.717) is 0 Å². The summed E-state index contributed by atoms with van der Waals surface area (Å²) in [7, 11) is 0. The highest BCUT2D eigenvalue weighted by Gasteiger charge is 1.99. The summed E-state index contributed by atoms with van der Waals surface area (Å²) < 4.78 is 0. The van der Waals surface area contributed by atoms with Crippen molar-refractivity contribution in [1.29, 1.82) is 0 Å². The maximum atomic E-state index is 4.37. The standard InChI is InChI=1S/C12H8N2.H4Si/c1-3-9-5-6-11-10(4-2-7-13-11)12(9)14-8-1;/h1-8H;1H4. The van der Waals surface area contributed by atoms with E-state index in [1.807, 2.05) is 24.4 Å². The Labute approximate surface area is 92.0 Å². The van der Waals surface area contributed by atoms with E-state index in [2.05, 4.69) is 28.2 Å². The summed E-state index contributed by atoms with van der Waals surface area (Å²) in [4.78, 5) is 8.66. The number of hydrogen-bond donors (Lipinski definition) is 0. The van der Waals surface area contributed by atoms with E-state index in [-0.39, 0.29) is 11.0 Å². The average Bonchev–Trinajstić information content (AvgIpc) is 2.29. The van der Waals surface area contributed by atoms with Crippen molar-refractivity contribution in [2.75, 3.05) is 0 Å². The highest BCUT2D eigenvalue weighted by Crippen LogP contribution is 2.20. The van der Waals surface area contributed by atoms with Crippen molar-refractivity contribution in [2.45, 2.75) is 0 Å². The van der Waals surface area contributed by atoms with Crippen molar-refractivity contribution in [3.05, 3.63) is 48.8 Å². The smallest absolute Gasteiger partial charge is 0.0795 e. The minimum absolute atomic E-state index is 0. The molecule has 0 radical (unpaired) electrons. The lowest BCUT2D eigenvalue weighted by atomic mass is 10.1. The third kappa shape index (κ3) is 1.51. The van der Waals surface area contributed by atoms with E-state index in [1.165, 1.54) is 0 Å². The van der Waals surface area contributed by atoms with E-state index in [9.17, 15) is 0 Å². The number of aromatic nitrogens is 2. The number of benzene rings is 1. The Morgan fingerprint density at radius 1 is 0.800 bits per heavy atom. The Balaban J connectivity index is 0.000000853. The maximum Gasteiger partial charge on any atom is 0.0795 e. The second-order valence-corrected chi connectivity index (χ2v) is 3.21. The van der Waals surface area contributed by atoms with Gasteiger partial charge in [0.15, 0.2) is 0 Å². The van der Waals surface area contributed by atoms with Gasteiger partial charge < -0.3 is 0 Å². The summed E-state index contributed by atoms with van der Waals surface area (Å²) in [6.45, 7) is 0. The highest BCUT2D eigenvalue weighted by atomic mass is 28.1.